The van der Waals surface area contributed by atoms with Crippen LogP contribution in [0.3, 0.4) is 0 Å². The van der Waals surface area contributed by atoms with Crippen molar-refractivity contribution in [2.75, 3.05) is 0 Å². The van der Waals surface area contributed by atoms with Crippen LogP contribution in [0.5, 0.6) is 0 Å². The van der Waals surface area contributed by atoms with Crippen molar-refractivity contribution in [2.45, 2.75) is 38.5 Å². The van der Waals surface area contributed by atoms with Crippen molar-refractivity contribution in [1.29, 1.82) is 0 Å². The Balaban J connectivity index is 0.000000137. The summed E-state index contributed by atoms with van der Waals surface area (Å²) in [5, 5.41) is 2.11. The number of carbonyl (C=O) groups excluding carboxylic acids is 2. The van der Waals surface area contributed by atoms with Gasteiger partial charge in [-0.25, -0.2) is 9.97 Å². The molecule has 0 aliphatic heterocycles. The maximum Gasteiger partial charge on any atom is 0.168 e. The third kappa shape index (κ3) is 4.57. The molecule has 0 spiro atoms. The number of carbonyl (C=O) groups is 2. The molecule has 212 valence electrons. The third-order valence-corrected chi connectivity index (χ3v) is 9.04. The normalized spacial score (nSPS) is 17.9. The molecule has 42 heavy (non-hydrogen) atoms. The van der Waals surface area contributed by atoms with Crippen LogP contribution in [0.4, 0.5) is 0 Å². The monoisotopic (exact) mass is 558 g/mol. The van der Waals surface area contributed by atoms with Gasteiger partial charge in [-0.3, -0.25) is 9.59 Å². The molecule has 8 rings (SSSR count). The highest BCUT2D eigenvalue weighted by Gasteiger charge is 2.30. The van der Waals surface area contributed by atoms with Crippen LogP contribution in [0.15, 0.2) is 73.6 Å². The highest BCUT2D eigenvalue weighted by Crippen LogP contribution is 2.31. The molecular formula is C34H34N6O2. The number of nitrogens with one attached hydrogen (secondary N) is 2. The average molecular weight is 559 g/mol. The van der Waals surface area contributed by atoms with E-state index >= 15 is 0 Å². The molecule has 2 aromatic carbocycles. The molecule has 2 N–H and O–H groups in total. The average Bonchev–Trinajstić information content (AvgIpc) is 3.82. The lowest BCUT2D eigenvalue weighted by atomic mass is 9.84. The van der Waals surface area contributed by atoms with Gasteiger partial charge in [-0.1, -0.05) is 36.4 Å². The lowest BCUT2D eigenvalue weighted by Gasteiger charge is -2.19. The van der Waals surface area contributed by atoms with E-state index in [1.807, 2.05) is 72.0 Å². The molecule has 0 amide bonds. The van der Waals surface area contributed by atoms with Crippen molar-refractivity contribution in [3.63, 3.8) is 0 Å². The van der Waals surface area contributed by atoms with E-state index in [4.69, 9.17) is 0 Å². The molecule has 8 nitrogen and oxygen atoms in total. The number of aryl methyl sites for hydroxylation is 4. The van der Waals surface area contributed by atoms with Gasteiger partial charge in [0.1, 0.15) is 0 Å². The number of Topliss-reactive ketones (excluding diaryl/α,β-unsaturated/α-hetero) is 2. The van der Waals surface area contributed by atoms with Gasteiger partial charge in [0.25, 0.3) is 0 Å². The molecule has 6 aromatic rings. The van der Waals surface area contributed by atoms with Crippen molar-refractivity contribution in [3.05, 3.63) is 107 Å². The predicted molar refractivity (Wildman–Crippen MR) is 163 cm³/mol. The van der Waals surface area contributed by atoms with Crippen molar-refractivity contribution >= 4 is 33.4 Å². The van der Waals surface area contributed by atoms with Crippen molar-refractivity contribution in [2.24, 2.45) is 25.9 Å². The SMILES string of the molecule is Cn1cc(C(=O)[C@@H]2CCc3nc[nH]c3C2)c2ccccc21.Cn1cc(C(=O)[C@@H]2CCc3nc[nH]c3C2)c2ccccc21. The number of hydrogen-bond donors (Lipinski definition) is 2. The van der Waals surface area contributed by atoms with Crippen LogP contribution in [-0.2, 0) is 39.8 Å². The fourth-order valence-electron chi connectivity index (χ4n) is 6.77. The minimum Gasteiger partial charge on any atom is -0.350 e. The van der Waals surface area contributed by atoms with Gasteiger partial charge in [-0.2, -0.15) is 0 Å². The fraction of sp³-hybridized carbons (Fsp3) is 0.294. The summed E-state index contributed by atoms with van der Waals surface area (Å²) >= 11 is 0. The Hall–Kier alpha value is -4.72. The highest BCUT2D eigenvalue weighted by molar-refractivity contribution is 6.10. The van der Waals surface area contributed by atoms with Crippen LogP contribution in [0, 0.1) is 11.8 Å². The van der Waals surface area contributed by atoms with E-state index in [1.165, 1.54) is 0 Å². The van der Waals surface area contributed by atoms with E-state index in [1.54, 1.807) is 12.7 Å². The second-order valence-corrected chi connectivity index (χ2v) is 11.6. The Morgan fingerprint density at radius 2 is 1.12 bits per heavy atom. The number of imidazole rings is 2. The minimum atomic E-state index is 0.0590. The van der Waals surface area contributed by atoms with Crippen LogP contribution < -0.4 is 0 Å². The van der Waals surface area contributed by atoms with Crippen molar-refractivity contribution in [3.8, 4) is 0 Å². The number of H-pyrrole nitrogens is 2. The first-order valence-electron chi connectivity index (χ1n) is 14.7. The second kappa shape index (κ2) is 10.6. The topological polar surface area (TPSA) is 101 Å². The Labute approximate surface area is 243 Å². The van der Waals surface area contributed by atoms with Gasteiger partial charge in [-0.05, 0) is 50.7 Å². The molecule has 0 fully saturated rings. The number of aromatic amines is 2. The molecule has 0 saturated heterocycles. The number of para-hydroxylation sites is 2. The fourth-order valence-corrected chi connectivity index (χ4v) is 6.77. The lowest BCUT2D eigenvalue weighted by Crippen LogP contribution is -2.22. The molecular weight excluding hydrogens is 524 g/mol. The summed E-state index contributed by atoms with van der Waals surface area (Å²) in [5.41, 5.74) is 8.41. The quantitative estimate of drug-likeness (QED) is 0.268. The van der Waals surface area contributed by atoms with E-state index in [0.717, 1.165) is 94.2 Å². The number of hydrogen-bond acceptors (Lipinski definition) is 4. The maximum absolute atomic E-state index is 12.9. The molecule has 8 heteroatoms. The molecule has 4 heterocycles. The van der Waals surface area contributed by atoms with Crippen LogP contribution in [0.1, 0.15) is 56.3 Å². The van der Waals surface area contributed by atoms with Gasteiger partial charge in [0.2, 0.25) is 0 Å². The molecule has 4 aromatic heterocycles. The summed E-state index contributed by atoms with van der Waals surface area (Å²) in [7, 11) is 3.99. The third-order valence-electron chi connectivity index (χ3n) is 9.04. The number of rotatable bonds is 4. The standard InChI is InChI=1S/2C17H17N3O/c2*1-20-9-13(12-4-2-3-5-16(12)20)17(21)11-6-7-14-15(8-11)19-10-18-14/h2*2-5,9-11H,6-8H2,1H3,(H,18,19)/t2*11-/m11/s1. The Morgan fingerprint density at radius 1 is 0.690 bits per heavy atom. The molecule has 0 saturated carbocycles. The first-order valence-corrected chi connectivity index (χ1v) is 14.7. The number of ketones is 2. The Morgan fingerprint density at radius 3 is 1.57 bits per heavy atom. The number of benzene rings is 2. The first kappa shape index (κ1) is 26.2. The van der Waals surface area contributed by atoms with Crippen molar-refractivity contribution in [1.82, 2.24) is 29.1 Å². The number of nitrogens with zero attached hydrogens (tertiary/aromatic N) is 4. The van der Waals surface area contributed by atoms with E-state index in [9.17, 15) is 9.59 Å². The van der Waals surface area contributed by atoms with Crippen LogP contribution in [-0.4, -0.2) is 40.6 Å². The maximum atomic E-state index is 12.9. The first-order chi connectivity index (χ1) is 20.5. The Bertz CT molecular complexity index is 1800. The van der Waals surface area contributed by atoms with Gasteiger partial charge in [0, 0.05) is 82.6 Å². The molecule has 0 unspecified atom stereocenters. The smallest absolute Gasteiger partial charge is 0.168 e. The summed E-state index contributed by atoms with van der Waals surface area (Å²) < 4.78 is 4.07. The van der Waals surface area contributed by atoms with Gasteiger partial charge < -0.3 is 19.1 Å². The summed E-state index contributed by atoms with van der Waals surface area (Å²) in [6.07, 6.45) is 12.5. The molecule has 2 atom stereocenters. The number of fused-ring (bicyclic) bond motifs is 4. The van der Waals surface area contributed by atoms with Crippen LogP contribution in [0.2, 0.25) is 0 Å². The Kier molecular flexibility index (Phi) is 6.61. The highest BCUT2D eigenvalue weighted by atomic mass is 16.1. The van der Waals surface area contributed by atoms with E-state index in [-0.39, 0.29) is 23.4 Å². The van der Waals surface area contributed by atoms with Crippen molar-refractivity contribution < 1.29 is 9.59 Å². The van der Waals surface area contributed by atoms with E-state index in [2.05, 4.69) is 32.1 Å². The summed E-state index contributed by atoms with van der Waals surface area (Å²) in [4.78, 5) is 40.8. The van der Waals surface area contributed by atoms with Crippen LogP contribution in [0.25, 0.3) is 21.8 Å². The van der Waals surface area contributed by atoms with E-state index < -0.39 is 0 Å². The second-order valence-electron chi connectivity index (χ2n) is 11.6. The molecule has 2 aliphatic carbocycles. The van der Waals surface area contributed by atoms with Gasteiger partial charge in [-0.15, -0.1) is 0 Å². The van der Waals surface area contributed by atoms with Gasteiger partial charge in [0.05, 0.1) is 24.0 Å². The van der Waals surface area contributed by atoms with Crippen LogP contribution >= 0.6 is 0 Å². The number of aromatic nitrogens is 6. The summed E-state index contributed by atoms with van der Waals surface area (Å²) in [6.45, 7) is 0. The minimum absolute atomic E-state index is 0.0590. The lowest BCUT2D eigenvalue weighted by molar-refractivity contribution is 0.0902. The zero-order valence-electron chi connectivity index (χ0n) is 23.9. The summed E-state index contributed by atoms with van der Waals surface area (Å²) in [6, 6.07) is 16.2. The molecule has 2 aliphatic rings. The summed E-state index contributed by atoms with van der Waals surface area (Å²) in [5.74, 6) is 0.631. The van der Waals surface area contributed by atoms with E-state index in [0.29, 0.717) is 0 Å². The molecule has 0 radical (unpaired) electrons. The molecule has 0 bridgehead atoms. The predicted octanol–water partition coefficient (Wildman–Crippen LogP) is 5.78. The zero-order valence-corrected chi connectivity index (χ0v) is 23.9. The van der Waals surface area contributed by atoms with Gasteiger partial charge >= 0.3 is 0 Å². The van der Waals surface area contributed by atoms with Gasteiger partial charge in [0.15, 0.2) is 11.6 Å². The zero-order chi connectivity index (χ0) is 28.8. The largest absolute Gasteiger partial charge is 0.350 e.